The van der Waals surface area contributed by atoms with Crippen molar-refractivity contribution in [3.05, 3.63) is 22.2 Å². The van der Waals surface area contributed by atoms with Crippen LogP contribution in [0.5, 0.6) is 0 Å². The molecule has 0 unspecified atom stereocenters. The third-order valence-corrected chi connectivity index (χ3v) is 3.94. The van der Waals surface area contributed by atoms with Gasteiger partial charge in [0.2, 0.25) is 5.82 Å². The lowest BCUT2D eigenvalue weighted by atomic mass is 9.87. The largest absolute Gasteiger partial charge is 0.384 e. The number of pyridine rings is 1. The van der Waals surface area contributed by atoms with Crippen LogP contribution in [0.15, 0.2) is 12.1 Å². The molecule has 0 saturated heterocycles. The van der Waals surface area contributed by atoms with Gasteiger partial charge in [-0.15, -0.1) is 0 Å². The average Bonchev–Trinajstić information content (AvgIpc) is 2.38. The Hall–Kier alpha value is -1.85. The van der Waals surface area contributed by atoms with Crippen molar-refractivity contribution < 1.29 is 4.92 Å². The lowest BCUT2D eigenvalue weighted by Crippen LogP contribution is -2.35. The Morgan fingerprint density at radius 3 is 2.58 bits per heavy atom. The summed E-state index contributed by atoms with van der Waals surface area (Å²) in [4.78, 5) is 16.7. The molecule has 1 aliphatic carbocycles. The van der Waals surface area contributed by atoms with E-state index in [4.69, 9.17) is 5.73 Å². The number of rotatable bonds is 3. The van der Waals surface area contributed by atoms with Gasteiger partial charge in [0.15, 0.2) is 0 Å². The first-order chi connectivity index (χ1) is 8.99. The van der Waals surface area contributed by atoms with E-state index in [2.05, 4.69) is 11.9 Å². The first-order valence-corrected chi connectivity index (χ1v) is 6.62. The smallest absolute Gasteiger partial charge is 0.311 e. The number of hydrogen-bond donors (Lipinski definition) is 1. The standard InChI is InChI=1S/C13H20N4O2/c1-9-3-5-10(6-4-9)16(2)13-11(17(18)19)7-8-12(14)15-13/h7-10H,3-6H2,1-2H3,(H2,14,15). The van der Waals surface area contributed by atoms with Crippen molar-refractivity contribution in [2.45, 2.75) is 38.6 Å². The maximum absolute atomic E-state index is 11.1. The summed E-state index contributed by atoms with van der Waals surface area (Å²) < 4.78 is 0. The SMILES string of the molecule is CC1CCC(N(C)c2nc(N)ccc2[N+](=O)[O-])CC1. The molecule has 1 aromatic rings. The van der Waals surface area contributed by atoms with Gasteiger partial charge in [0.1, 0.15) is 5.82 Å². The Kier molecular flexibility index (Phi) is 3.87. The second-order valence-electron chi connectivity index (χ2n) is 5.36. The van der Waals surface area contributed by atoms with Crippen LogP contribution in [0.4, 0.5) is 17.3 Å². The molecule has 0 aromatic carbocycles. The van der Waals surface area contributed by atoms with E-state index in [-0.39, 0.29) is 5.69 Å². The fourth-order valence-corrected chi connectivity index (χ4v) is 2.66. The zero-order chi connectivity index (χ0) is 14.0. The molecule has 104 valence electrons. The van der Waals surface area contributed by atoms with Crippen molar-refractivity contribution in [2.24, 2.45) is 5.92 Å². The summed E-state index contributed by atoms with van der Waals surface area (Å²) in [5, 5.41) is 11.1. The highest BCUT2D eigenvalue weighted by Gasteiger charge is 2.27. The second kappa shape index (κ2) is 5.42. The van der Waals surface area contributed by atoms with Crippen LogP contribution in [0.2, 0.25) is 0 Å². The van der Waals surface area contributed by atoms with Crippen LogP contribution < -0.4 is 10.6 Å². The number of hydrogen-bond acceptors (Lipinski definition) is 5. The molecule has 0 atom stereocenters. The van der Waals surface area contributed by atoms with Crippen LogP contribution in [0.3, 0.4) is 0 Å². The van der Waals surface area contributed by atoms with Gasteiger partial charge >= 0.3 is 5.69 Å². The van der Waals surface area contributed by atoms with Crippen LogP contribution in [0.25, 0.3) is 0 Å². The van der Waals surface area contributed by atoms with E-state index in [0.29, 0.717) is 17.7 Å². The summed E-state index contributed by atoms with van der Waals surface area (Å²) in [6.07, 6.45) is 4.41. The van der Waals surface area contributed by atoms with Gasteiger partial charge in [-0.05, 0) is 37.7 Å². The zero-order valence-electron chi connectivity index (χ0n) is 11.4. The molecule has 0 radical (unpaired) electrons. The van der Waals surface area contributed by atoms with Gasteiger partial charge in [-0.1, -0.05) is 6.92 Å². The van der Waals surface area contributed by atoms with Crippen molar-refractivity contribution in [3.63, 3.8) is 0 Å². The minimum atomic E-state index is -0.399. The highest BCUT2D eigenvalue weighted by molar-refractivity contribution is 5.61. The molecule has 1 saturated carbocycles. The highest BCUT2D eigenvalue weighted by Crippen LogP contribution is 2.33. The van der Waals surface area contributed by atoms with E-state index in [1.807, 2.05) is 11.9 Å². The molecular formula is C13H20N4O2. The van der Waals surface area contributed by atoms with Gasteiger partial charge < -0.3 is 10.6 Å². The van der Waals surface area contributed by atoms with E-state index in [0.717, 1.165) is 31.6 Å². The van der Waals surface area contributed by atoms with Crippen LogP contribution in [-0.4, -0.2) is 23.0 Å². The zero-order valence-corrected chi connectivity index (χ0v) is 11.4. The lowest BCUT2D eigenvalue weighted by Gasteiger charge is -2.34. The Bertz CT molecular complexity index is 470. The second-order valence-corrected chi connectivity index (χ2v) is 5.36. The minimum absolute atomic E-state index is 0.0234. The van der Waals surface area contributed by atoms with Gasteiger partial charge in [-0.25, -0.2) is 4.98 Å². The van der Waals surface area contributed by atoms with Crippen LogP contribution in [0, 0.1) is 16.0 Å². The summed E-state index contributed by atoms with van der Waals surface area (Å²) in [5.41, 5.74) is 5.68. The topological polar surface area (TPSA) is 85.3 Å². The summed E-state index contributed by atoms with van der Waals surface area (Å²) in [6, 6.07) is 3.21. The number of aromatic nitrogens is 1. The number of nitro groups is 1. The molecule has 0 bridgehead atoms. The summed E-state index contributed by atoms with van der Waals surface area (Å²) in [5.74, 6) is 1.44. The average molecular weight is 264 g/mol. The molecule has 6 nitrogen and oxygen atoms in total. The monoisotopic (exact) mass is 264 g/mol. The Morgan fingerprint density at radius 2 is 2.00 bits per heavy atom. The summed E-state index contributed by atoms with van der Waals surface area (Å²) >= 11 is 0. The van der Waals surface area contributed by atoms with E-state index in [9.17, 15) is 10.1 Å². The quantitative estimate of drug-likeness (QED) is 0.670. The molecule has 1 fully saturated rings. The number of nitrogens with zero attached hydrogens (tertiary/aromatic N) is 3. The number of nitrogen functional groups attached to an aromatic ring is 1. The Balaban J connectivity index is 2.25. The maximum Gasteiger partial charge on any atom is 0.311 e. The molecular weight excluding hydrogens is 244 g/mol. The predicted octanol–water partition coefficient (Wildman–Crippen LogP) is 2.59. The van der Waals surface area contributed by atoms with Crippen molar-refractivity contribution in [2.75, 3.05) is 17.7 Å². The molecule has 6 heteroatoms. The van der Waals surface area contributed by atoms with Gasteiger partial charge in [-0.2, -0.15) is 0 Å². The Morgan fingerprint density at radius 1 is 1.37 bits per heavy atom. The first-order valence-electron chi connectivity index (χ1n) is 6.62. The van der Waals surface area contributed by atoms with E-state index in [1.54, 1.807) is 0 Å². The molecule has 2 rings (SSSR count). The van der Waals surface area contributed by atoms with Gasteiger partial charge in [0.25, 0.3) is 0 Å². The highest BCUT2D eigenvalue weighted by atomic mass is 16.6. The van der Waals surface area contributed by atoms with Crippen LogP contribution in [-0.2, 0) is 0 Å². The van der Waals surface area contributed by atoms with Crippen LogP contribution in [0.1, 0.15) is 32.6 Å². The van der Waals surface area contributed by atoms with Crippen molar-refractivity contribution in [3.8, 4) is 0 Å². The number of nitrogens with two attached hydrogens (primary N) is 1. The fourth-order valence-electron chi connectivity index (χ4n) is 2.66. The van der Waals surface area contributed by atoms with Crippen LogP contribution >= 0.6 is 0 Å². The summed E-state index contributed by atoms with van der Waals surface area (Å²) in [6.45, 7) is 2.25. The van der Waals surface area contributed by atoms with Gasteiger partial charge in [0.05, 0.1) is 4.92 Å². The first kappa shape index (κ1) is 13.6. The normalized spacial score (nSPS) is 23.1. The number of anilines is 2. The molecule has 19 heavy (non-hydrogen) atoms. The molecule has 0 spiro atoms. The van der Waals surface area contributed by atoms with Crippen molar-refractivity contribution in [1.82, 2.24) is 4.98 Å². The molecule has 1 heterocycles. The van der Waals surface area contributed by atoms with Crippen molar-refractivity contribution >= 4 is 17.3 Å². The summed E-state index contributed by atoms with van der Waals surface area (Å²) in [7, 11) is 1.87. The minimum Gasteiger partial charge on any atom is -0.384 e. The van der Waals surface area contributed by atoms with E-state index >= 15 is 0 Å². The van der Waals surface area contributed by atoms with Gasteiger partial charge in [-0.3, -0.25) is 10.1 Å². The maximum atomic E-state index is 11.1. The molecule has 1 aromatic heterocycles. The molecule has 0 amide bonds. The fraction of sp³-hybridized carbons (Fsp3) is 0.615. The molecule has 1 aliphatic rings. The lowest BCUT2D eigenvalue weighted by molar-refractivity contribution is -0.384. The Labute approximate surface area is 112 Å². The van der Waals surface area contributed by atoms with E-state index in [1.165, 1.54) is 12.1 Å². The van der Waals surface area contributed by atoms with Gasteiger partial charge in [0, 0.05) is 19.2 Å². The van der Waals surface area contributed by atoms with Crippen molar-refractivity contribution in [1.29, 1.82) is 0 Å². The predicted molar refractivity (Wildman–Crippen MR) is 75.1 cm³/mol. The third kappa shape index (κ3) is 2.94. The van der Waals surface area contributed by atoms with E-state index < -0.39 is 4.92 Å². The molecule has 2 N–H and O–H groups in total. The molecule has 0 aliphatic heterocycles. The third-order valence-electron chi connectivity index (χ3n) is 3.94.